The molecule has 9 atom stereocenters. The third-order valence-electron chi connectivity index (χ3n) is 13.1. The molecule has 3 heteroatoms. The SMILES string of the molecule is CC1CC(C(C)(C)C)CC1C(c1ccc(C(C)(C)C)cc1)C1C2C=C(C(C)(C)C)C=CC2C2C(c3ccccc3)=CC(C(C)(C)C)=CC21.[CH3-].[CH3-].[Cl][Zr+2][Cl]. The first-order chi connectivity index (χ1) is 23.7. The van der Waals surface area contributed by atoms with Crippen LogP contribution in [0.1, 0.15) is 125 Å². The molecule has 290 valence electrons. The predicted octanol–water partition coefficient (Wildman–Crippen LogP) is 15.8. The van der Waals surface area contributed by atoms with Crippen LogP contribution in [0.4, 0.5) is 0 Å². The van der Waals surface area contributed by atoms with Gasteiger partial charge in [-0.05, 0) is 121 Å². The second-order valence-corrected chi connectivity index (χ2v) is 24.3. The average Bonchev–Trinajstić information content (AvgIpc) is 3.59. The summed E-state index contributed by atoms with van der Waals surface area (Å²) in [5.74, 6) is 5.19. The Morgan fingerprint density at radius 2 is 1.21 bits per heavy atom. The Hall–Kier alpha value is -1.14. The van der Waals surface area contributed by atoms with E-state index in [2.05, 4.69) is 175 Å². The number of hydrogen-bond donors (Lipinski definition) is 0. The molecule has 4 aliphatic rings. The van der Waals surface area contributed by atoms with Crippen LogP contribution in [-0.2, 0) is 26.3 Å². The van der Waals surface area contributed by atoms with Crippen molar-refractivity contribution in [2.24, 2.45) is 63.6 Å². The van der Waals surface area contributed by atoms with E-state index >= 15 is 0 Å². The van der Waals surface area contributed by atoms with Crippen molar-refractivity contribution in [3.63, 3.8) is 0 Å². The van der Waals surface area contributed by atoms with Gasteiger partial charge in [0.25, 0.3) is 0 Å². The third-order valence-corrected chi connectivity index (χ3v) is 13.1. The van der Waals surface area contributed by atoms with Crippen molar-refractivity contribution < 1.29 is 20.8 Å². The van der Waals surface area contributed by atoms with Crippen molar-refractivity contribution in [3.8, 4) is 0 Å². The average molecular weight is 835 g/mol. The van der Waals surface area contributed by atoms with Gasteiger partial charge in [0.15, 0.2) is 0 Å². The Kier molecular flexibility index (Phi) is 15.3. The van der Waals surface area contributed by atoms with Crippen LogP contribution >= 0.6 is 17.0 Å². The molecule has 0 aliphatic heterocycles. The molecule has 9 unspecified atom stereocenters. The van der Waals surface area contributed by atoms with Crippen LogP contribution in [0.25, 0.3) is 5.57 Å². The van der Waals surface area contributed by atoms with Crippen LogP contribution in [0.2, 0.25) is 0 Å². The van der Waals surface area contributed by atoms with Crippen molar-refractivity contribution >= 4 is 22.6 Å². The van der Waals surface area contributed by atoms with Crippen LogP contribution in [-0.4, -0.2) is 0 Å². The Labute approximate surface area is 346 Å². The molecule has 2 fully saturated rings. The Morgan fingerprint density at radius 3 is 1.70 bits per heavy atom. The topological polar surface area (TPSA) is 0 Å². The van der Waals surface area contributed by atoms with E-state index in [4.69, 9.17) is 17.0 Å². The van der Waals surface area contributed by atoms with E-state index < -0.39 is 20.8 Å². The minimum absolute atomic E-state index is 0. The minimum atomic E-state index is -0.826. The molecule has 0 radical (unpaired) electrons. The molecule has 6 rings (SSSR count). The monoisotopic (exact) mass is 832 g/mol. The van der Waals surface area contributed by atoms with Gasteiger partial charge < -0.3 is 14.9 Å². The zero-order valence-corrected chi connectivity index (χ0v) is 39.9. The summed E-state index contributed by atoms with van der Waals surface area (Å²) in [6.45, 7) is 31.6. The molecule has 0 amide bonds. The Balaban J connectivity index is 0.00000146. The number of fused-ring (bicyclic) bond motifs is 3. The first kappa shape index (κ1) is 46.2. The zero-order chi connectivity index (χ0) is 37.7. The van der Waals surface area contributed by atoms with E-state index in [9.17, 15) is 0 Å². The number of rotatable bonds is 4. The molecule has 0 bridgehead atoms. The van der Waals surface area contributed by atoms with Crippen molar-refractivity contribution in [1.82, 2.24) is 0 Å². The fourth-order valence-corrected chi connectivity index (χ4v) is 10.1. The van der Waals surface area contributed by atoms with Gasteiger partial charge in [-0.1, -0.05) is 175 Å². The van der Waals surface area contributed by atoms with E-state index in [1.165, 1.54) is 35.1 Å². The summed E-state index contributed by atoms with van der Waals surface area (Å²) in [6, 6.07) is 21.5. The zero-order valence-electron chi connectivity index (χ0n) is 35.9. The normalized spacial score (nSPS) is 28.7. The first-order valence-electron chi connectivity index (χ1n) is 19.6. The first-order valence-corrected chi connectivity index (χ1v) is 26.0. The second-order valence-electron chi connectivity index (χ2n) is 20.5. The van der Waals surface area contributed by atoms with Crippen LogP contribution in [0.3, 0.4) is 0 Å². The van der Waals surface area contributed by atoms with Gasteiger partial charge in [-0.3, -0.25) is 0 Å². The number of halogens is 2. The summed E-state index contributed by atoms with van der Waals surface area (Å²) < 4.78 is 0. The molecule has 0 N–H and O–H groups in total. The van der Waals surface area contributed by atoms with Gasteiger partial charge in [-0.2, -0.15) is 0 Å². The quantitative estimate of drug-likeness (QED) is 0.269. The molecule has 0 nitrogen and oxygen atoms in total. The molecular weight excluding hydrogens is 763 g/mol. The number of allylic oxidation sites excluding steroid dienone is 8. The third kappa shape index (κ3) is 10.1. The molecule has 2 saturated carbocycles. The Bertz CT molecular complexity index is 1610. The van der Waals surface area contributed by atoms with E-state index in [1.807, 2.05) is 0 Å². The van der Waals surface area contributed by atoms with E-state index in [1.54, 1.807) is 11.1 Å². The van der Waals surface area contributed by atoms with Gasteiger partial charge >= 0.3 is 37.9 Å². The molecule has 0 spiro atoms. The molecule has 2 aromatic rings. The summed E-state index contributed by atoms with van der Waals surface area (Å²) in [5.41, 5.74) is 9.75. The number of benzene rings is 2. The Morgan fingerprint density at radius 1 is 0.660 bits per heavy atom. The number of hydrogen-bond acceptors (Lipinski definition) is 0. The molecule has 53 heavy (non-hydrogen) atoms. The summed E-state index contributed by atoms with van der Waals surface area (Å²) in [7, 11) is 9.87. The standard InChI is InChI=1S/C48H66.2CH3.2ClH.Zr/c1-30-25-35(47(8,9)10)27-38(30)42(32-19-21-33(22-20-32)45(2,3)4)44-40-26-34(46(5,6)7)23-24-37(40)43-39(31-17-15-14-16-18-31)28-36(29-41(43)44)48(11,12)13;;;;;/h14-24,26,28-30,35,37-38,40-44H,25,27H2,1-13H3;2*1H3;2*1H;/q;2*-1;;;+4/p-2. The van der Waals surface area contributed by atoms with Gasteiger partial charge in [-0.15, -0.1) is 0 Å². The summed E-state index contributed by atoms with van der Waals surface area (Å²) in [5, 5.41) is 0. The maximum atomic E-state index is 4.93. The molecule has 4 aliphatic carbocycles. The molecule has 2 aromatic carbocycles. The fraction of sp³-hybridized carbons (Fsp3) is 0.560. The van der Waals surface area contributed by atoms with Crippen molar-refractivity contribution in [1.29, 1.82) is 0 Å². The van der Waals surface area contributed by atoms with Gasteiger partial charge in [0, 0.05) is 0 Å². The summed E-state index contributed by atoms with van der Waals surface area (Å²) in [6.07, 6.45) is 16.0. The summed E-state index contributed by atoms with van der Waals surface area (Å²) >= 11 is -0.826. The van der Waals surface area contributed by atoms with Crippen molar-refractivity contribution in [3.05, 3.63) is 128 Å². The molecule has 0 heterocycles. The van der Waals surface area contributed by atoms with E-state index in [-0.39, 0.29) is 31.1 Å². The van der Waals surface area contributed by atoms with Crippen molar-refractivity contribution in [2.45, 2.75) is 114 Å². The van der Waals surface area contributed by atoms with Crippen molar-refractivity contribution in [2.75, 3.05) is 0 Å². The van der Waals surface area contributed by atoms with Crippen LogP contribution in [0.15, 0.2) is 96.1 Å². The van der Waals surface area contributed by atoms with E-state index in [0.29, 0.717) is 52.8 Å². The van der Waals surface area contributed by atoms with Gasteiger partial charge in [0.1, 0.15) is 0 Å². The molecule has 0 saturated heterocycles. The molecular formula is C50H72Cl2Zr. The van der Waals surface area contributed by atoms with Gasteiger partial charge in [-0.25, -0.2) is 0 Å². The second kappa shape index (κ2) is 17.6. The molecule has 0 aromatic heterocycles. The predicted molar refractivity (Wildman–Crippen MR) is 233 cm³/mol. The van der Waals surface area contributed by atoms with Crippen LogP contribution in [0.5, 0.6) is 0 Å². The van der Waals surface area contributed by atoms with Gasteiger partial charge in [0.05, 0.1) is 0 Å². The van der Waals surface area contributed by atoms with Crippen LogP contribution < -0.4 is 0 Å². The van der Waals surface area contributed by atoms with Gasteiger partial charge in [0.2, 0.25) is 0 Å². The fourth-order valence-electron chi connectivity index (χ4n) is 10.1. The maximum absolute atomic E-state index is 4.93. The van der Waals surface area contributed by atoms with E-state index in [0.717, 1.165) is 5.92 Å². The summed E-state index contributed by atoms with van der Waals surface area (Å²) in [4.78, 5) is 0. The van der Waals surface area contributed by atoms with Crippen LogP contribution in [0, 0.1) is 78.4 Å².